The number of nitrogens with one attached hydrogen (secondary N) is 3. The molecule has 9 heteroatoms. The predicted molar refractivity (Wildman–Crippen MR) is 113 cm³/mol. The molecule has 2 aliphatic heterocycles. The van der Waals surface area contributed by atoms with Crippen molar-refractivity contribution in [1.29, 1.82) is 0 Å². The van der Waals surface area contributed by atoms with E-state index in [2.05, 4.69) is 20.9 Å². The summed E-state index contributed by atoms with van der Waals surface area (Å²) in [5, 5.41) is 8.36. The van der Waals surface area contributed by atoms with Gasteiger partial charge in [-0.05, 0) is 42.2 Å². The van der Waals surface area contributed by atoms with Crippen LogP contribution in [0.1, 0.15) is 16.7 Å². The lowest BCUT2D eigenvalue weighted by atomic mass is 9.79. The van der Waals surface area contributed by atoms with Crippen LogP contribution in [-0.2, 0) is 32.6 Å². The van der Waals surface area contributed by atoms with Crippen molar-refractivity contribution in [3.8, 4) is 0 Å². The minimum Gasteiger partial charge on any atom is -0.378 e. The minimum absolute atomic E-state index is 0.0335. The van der Waals surface area contributed by atoms with E-state index in [1.807, 2.05) is 30.3 Å². The van der Waals surface area contributed by atoms with E-state index in [1.54, 1.807) is 11.1 Å². The second-order valence-corrected chi connectivity index (χ2v) is 8.08. The van der Waals surface area contributed by atoms with Gasteiger partial charge in [-0.1, -0.05) is 12.1 Å². The first-order valence-corrected chi connectivity index (χ1v) is 10.3. The van der Waals surface area contributed by atoms with Crippen LogP contribution in [-0.4, -0.2) is 60.6 Å². The van der Waals surface area contributed by atoms with Crippen molar-refractivity contribution in [3.63, 3.8) is 0 Å². The number of urea groups is 1. The minimum atomic E-state index is -0.638. The zero-order valence-corrected chi connectivity index (χ0v) is 16.9. The van der Waals surface area contributed by atoms with Crippen molar-refractivity contribution in [2.75, 3.05) is 43.5 Å². The van der Waals surface area contributed by atoms with Crippen LogP contribution in [0.4, 0.5) is 16.3 Å². The van der Waals surface area contributed by atoms with Gasteiger partial charge in [-0.15, -0.1) is 0 Å². The van der Waals surface area contributed by atoms with Crippen molar-refractivity contribution in [3.05, 3.63) is 53.2 Å². The maximum Gasteiger partial charge on any atom is 0.317 e. The number of amides is 4. The molecule has 3 aliphatic rings. The summed E-state index contributed by atoms with van der Waals surface area (Å²) in [6, 6.07) is 9.22. The van der Waals surface area contributed by atoms with Gasteiger partial charge < -0.3 is 25.6 Å². The highest BCUT2D eigenvalue weighted by molar-refractivity contribution is 6.06. The third-order valence-electron chi connectivity index (χ3n) is 6.16. The smallest absolute Gasteiger partial charge is 0.317 e. The average Bonchev–Trinajstić information content (AvgIpc) is 3.30. The summed E-state index contributed by atoms with van der Waals surface area (Å²) in [5.74, 6) is 0.293. The number of pyridine rings is 1. The maximum atomic E-state index is 12.8. The third-order valence-corrected chi connectivity index (χ3v) is 6.16. The van der Waals surface area contributed by atoms with Crippen LogP contribution in [0, 0.1) is 0 Å². The Kier molecular flexibility index (Phi) is 4.82. The number of hydrogen-bond donors (Lipinski definition) is 3. The quantitative estimate of drug-likeness (QED) is 0.686. The van der Waals surface area contributed by atoms with Gasteiger partial charge in [0.05, 0.1) is 25.2 Å². The number of rotatable bonds is 3. The van der Waals surface area contributed by atoms with Gasteiger partial charge in [-0.3, -0.25) is 9.59 Å². The molecule has 1 atom stereocenters. The van der Waals surface area contributed by atoms with E-state index in [0.29, 0.717) is 50.7 Å². The van der Waals surface area contributed by atoms with Crippen LogP contribution in [0.15, 0.2) is 36.5 Å². The molecule has 1 aliphatic carbocycles. The molecule has 1 aromatic carbocycles. The molecule has 0 bridgehead atoms. The Morgan fingerprint density at radius 3 is 2.81 bits per heavy atom. The average molecular weight is 421 g/mol. The molecule has 1 spiro atoms. The number of benzene rings is 1. The first kappa shape index (κ1) is 19.5. The molecule has 1 aromatic heterocycles. The number of ether oxygens (including phenoxy) is 1. The van der Waals surface area contributed by atoms with Crippen LogP contribution in [0.3, 0.4) is 0 Å². The number of fused-ring (bicyclic) bond motifs is 3. The van der Waals surface area contributed by atoms with Crippen molar-refractivity contribution >= 4 is 29.4 Å². The molecule has 0 radical (unpaired) electrons. The largest absolute Gasteiger partial charge is 0.378 e. The van der Waals surface area contributed by atoms with Crippen LogP contribution in [0.25, 0.3) is 0 Å². The number of carbonyl (C=O) groups is 3. The Morgan fingerprint density at radius 2 is 1.97 bits per heavy atom. The first-order chi connectivity index (χ1) is 15.0. The Labute approximate surface area is 179 Å². The zero-order valence-electron chi connectivity index (χ0n) is 16.9. The normalized spacial score (nSPS) is 21.4. The van der Waals surface area contributed by atoms with Gasteiger partial charge in [-0.25, -0.2) is 9.78 Å². The predicted octanol–water partition coefficient (Wildman–Crippen LogP) is 1.05. The van der Waals surface area contributed by atoms with E-state index < -0.39 is 5.41 Å². The molecule has 3 heterocycles. The number of nitrogens with zero attached hydrogens (tertiary/aromatic N) is 2. The molecular formula is C22H23N5O4. The molecule has 2 aromatic rings. The van der Waals surface area contributed by atoms with E-state index in [0.717, 1.165) is 16.7 Å². The summed E-state index contributed by atoms with van der Waals surface area (Å²) in [4.78, 5) is 43.1. The molecule has 3 N–H and O–H groups in total. The highest BCUT2D eigenvalue weighted by Crippen LogP contribution is 2.46. The maximum absolute atomic E-state index is 12.8. The van der Waals surface area contributed by atoms with E-state index in [1.165, 1.54) is 0 Å². The Bertz CT molecular complexity index is 1070. The Hall–Kier alpha value is -3.46. The molecular weight excluding hydrogens is 398 g/mol. The van der Waals surface area contributed by atoms with E-state index in [-0.39, 0.29) is 24.4 Å². The number of aromatic nitrogens is 1. The summed E-state index contributed by atoms with van der Waals surface area (Å²) in [6.45, 7) is 1.95. The van der Waals surface area contributed by atoms with Gasteiger partial charge in [-0.2, -0.15) is 0 Å². The molecule has 5 rings (SSSR count). The van der Waals surface area contributed by atoms with Gasteiger partial charge in [0.15, 0.2) is 0 Å². The van der Waals surface area contributed by atoms with Gasteiger partial charge in [0, 0.05) is 30.5 Å². The van der Waals surface area contributed by atoms with Crippen LogP contribution < -0.4 is 16.0 Å². The zero-order chi connectivity index (χ0) is 21.4. The summed E-state index contributed by atoms with van der Waals surface area (Å²) in [5.41, 5.74) is 3.05. The molecule has 1 saturated heterocycles. The lowest BCUT2D eigenvalue weighted by Crippen LogP contribution is -2.47. The van der Waals surface area contributed by atoms with Crippen molar-refractivity contribution in [2.24, 2.45) is 0 Å². The number of hydrogen-bond acceptors (Lipinski definition) is 5. The molecule has 1 unspecified atom stereocenters. The molecule has 160 valence electrons. The summed E-state index contributed by atoms with van der Waals surface area (Å²) >= 11 is 0. The van der Waals surface area contributed by atoms with Gasteiger partial charge in [0.2, 0.25) is 11.8 Å². The molecule has 9 nitrogen and oxygen atoms in total. The van der Waals surface area contributed by atoms with Crippen molar-refractivity contribution in [2.45, 2.75) is 18.3 Å². The first-order valence-electron chi connectivity index (χ1n) is 10.3. The summed E-state index contributed by atoms with van der Waals surface area (Å²) in [6.07, 6.45) is 2.84. The van der Waals surface area contributed by atoms with Crippen molar-refractivity contribution in [1.82, 2.24) is 15.2 Å². The monoisotopic (exact) mass is 421 g/mol. The fraction of sp³-hybridized carbons (Fsp3) is 0.364. The van der Waals surface area contributed by atoms with Crippen LogP contribution >= 0.6 is 0 Å². The summed E-state index contributed by atoms with van der Waals surface area (Å²) < 4.78 is 5.22. The topological polar surface area (TPSA) is 113 Å². The summed E-state index contributed by atoms with van der Waals surface area (Å²) in [7, 11) is 0. The third kappa shape index (κ3) is 3.50. The highest BCUT2D eigenvalue weighted by Gasteiger charge is 2.51. The van der Waals surface area contributed by atoms with Gasteiger partial charge in [0.25, 0.3) is 0 Å². The second kappa shape index (κ2) is 7.66. The standard InChI is InChI=1S/C22H23N5O4/c28-18(13-24-21(30)27-6-8-31-9-7-27)25-16-4-3-14-11-22(12-15(14)10-16)17-2-1-5-23-19(17)26-20(22)29/h1-5,10H,6-9,11-13H2,(H,24,30)(H,25,28)(H,23,26,29). The molecule has 1 fully saturated rings. The highest BCUT2D eigenvalue weighted by atomic mass is 16.5. The molecule has 31 heavy (non-hydrogen) atoms. The second-order valence-electron chi connectivity index (χ2n) is 8.08. The fourth-order valence-corrected chi connectivity index (χ4v) is 4.58. The lowest BCUT2D eigenvalue weighted by Gasteiger charge is -2.26. The van der Waals surface area contributed by atoms with Gasteiger partial charge in [0.1, 0.15) is 5.82 Å². The molecule has 0 saturated carbocycles. The van der Waals surface area contributed by atoms with E-state index in [9.17, 15) is 14.4 Å². The SMILES string of the molecule is O=C(CNC(=O)N1CCOCC1)Nc1ccc2c(c1)CC1(C2)C(=O)Nc2ncccc21. The Morgan fingerprint density at radius 1 is 1.16 bits per heavy atom. The molecule has 4 amide bonds. The number of carbonyl (C=O) groups excluding carboxylic acids is 3. The Balaban J connectivity index is 1.23. The van der Waals surface area contributed by atoms with Gasteiger partial charge >= 0.3 is 6.03 Å². The van der Waals surface area contributed by atoms with Crippen molar-refractivity contribution < 1.29 is 19.1 Å². The lowest BCUT2D eigenvalue weighted by molar-refractivity contribution is -0.120. The number of morpholine rings is 1. The number of anilines is 2. The van der Waals surface area contributed by atoms with E-state index in [4.69, 9.17) is 4.74 Å². The van der Waals surface area contributed by atoms with Crippen LogP contribution in [0.5, 0.6) is 0 Å². The fourth-order valence-electron chi connectivity index (χ4n) is 4.58. The van der Waals surface area contributed by atoms with Crippen LogP contribution in [0.2, 0.25) is 0 Å². The van der Waals surface area contributed by atoms with E-state index >= 15 is 0 Å².